The lowest BCUT2D eigenvalue weighted by Gasteiger charge is -2.29. The molecule has 0 aromatic heterocycles. The zero-order chi connectivity index (χ0) is 17.6. The number of benzene rings is 1. The first-order valence-corrected chi connectivity index (χ1v) is 8.87. The van der Waals surface area contributed by atoms with E-state index in [2.05, 4.69) is 28.4 Å². The Morgan fingerprint density at radius 2 is 2.08 bits per heavy atom. The second kappa shape index (κ2) is 8.49. The van der Waals surface area contributed by atoms with Gasteiger partial charge in [-0.2, -0.15) is 0 Å². The monoisotopic (exact) mass is 333 g/mol. The number of nitrogens with zero attached hydrogens (tertiary/aromatic N) is 1. The van der Waals surface area contributed by atoms with E-state index in [0.29, 0.717) is 13.1 Å². The molecule has 0 atom stereocenters. The number of rotatable bonds is 6. The largest absolute Gasteiger partial charge is 0.444 e. The van der Waals surface area contributed by atoms with E-state index in [1.165, 1.54) is 16.7 Å². The molecule has 5 nitrogen and oxygen atoms in total. The van der Waals surface area contributed by atoms with Gasteiger partial charge in [0.15, 0.2) is 0 Å². The predicted octanol–water partition coefficient (Wildman–Crippen LogP) is 2.81. The van der Waals surface area contributed by atoms with E-state index in [4.69, 9.17) is 10.5 Å². The summed E-state index contributed by atoms with van der Waals surface area (Å²) >= 11 is 0. The highest BCUT2D eigenvalue weighted by molar-refractivity contribution is 5.67. The van der Waals surface area contributed by atoms with Crippen molar-refractivity contribution in [3.05, 3.63) is 34.9 Å². The highest BCUT2D eigenvalue weighted by atomic mass is 16.6. The van der Waals surface area contributed by atoms with Crippen molar-refractivity contribution in [3.63, 3.8) is 0 Å². The van der Waals surface area contributed by atoms with Crippen molar-refractivity contribution in [2.75, 3.05) is 19.6 Å². The van der Waals surface area contributed by atoms with Gasteiger partial charge in [-0.1, -0.05) is 18.2 Å². The molecule has 2 rings (SSSR count). The molecule has 1 aliphatic rings. The average molecular weight is 333 g/mol. The molecule has 24 heavy (non-hydrogen) atoms. The van der Waals surface area contributed by atoms with Crippen LogP contribution in [0.25, 0.3) is 0 Å². The number of unbranched alkanes of at least 4 members (excludes halogenated alkanes) is 1. The molecular weight excluding hydrogens is 302 g/mol. The first kappa shape index (κ1) is 18.7. The van der Waals surface area contributed by atoms with E-state index in [9.17, 15) is 4.79 Å². The molecule has 3 N–H and O–H groups in total. The Kier molecular flexibility index (Phi) is 6.63. The number of hydrogen-bond acceptors (Lipinski definition) is 4. The van der Waals surface area contributed by atoms with Gasteiger partial charge in [-0.15, -0.1) is 0 Å². The summed E-state index contributed by atoms with van der Waals surface area (Å²) in [4.78, 5) is 14.0. The molecule has 1 aromatic carbocycles. The Hall–Kier alpha value is -1.59. The third-order valence-corrected chi connectivity index (χ3v) is 4.17. The molecule has 5 heteroatoms. The van der Waals surface area contributed by atoms with Crippen LogP contribution >= 0.6 is 0 Å². The Labute approximate surface area is 145 Å². The van der Waals surface area contributed by atoms with Crippen LogP contribution < -0.4 is 11.1 Å². The van der Waals surface area contributed by atoms with Crippen molar-refractivity contribution < 1.29 is 9.53 Å². The molecule has 0 fully saturated rings. The minimum atomic E-state index is -0.435. The third-order valence-electron chi connectivity index (χ3n) is 4.17. The number of nitrogens with one attached hydrogen (secondary N) is 1. The zero-order valence-corrected chi connectivity index (χ0v) is 15.2. The number of hydrogen-bond donors (Lipinski definition) is 2. The summed E-state index contributed by atoms with van der Waals surface area (Å²) in [6.45, 7) is 10.1. The van der Waals surface area contributed by atoms with Crippen molar-refractivity contribution >= 4 is 6.09 Å². The van der Waals surface area contributed by atoms with Gasteiger partial charge in [0.1, 0.15) is 5.60 Å². The van der Waals surface area contributed by atoms with Crippen LogP contribution in [0.15, 0.2) is 18.2 Å². The lowest BCUT2D eigenvalue weighted by atomic mass is 9.97. The van der Waals surface area contributed by atoms with E-state index in [0.717, 1.165) is 38.9 Å². The molecular formula is C19H31N3O2. The van der Waals surface area contributed by atoms with Crippen LogP contribution in [-0.2, 0) is 24.2 Å². The predicted molar refractivity (Wildman–Crippen MR) is 96.8 cm³/mol. The maximum atomic E-state index is 11.6. The van der Waals surface area contributed by atoms with E-state index >= 15 is 0 Å². The molecule has 0 bridgehead atoms. The fourth-order valence-electron chi connectivity index (χ4n) is 2.95. The number of amides is 1. The van der Waals surface area contributed by atoms with Gasteiger partial charge in [-0.3, -0.25) is 4.90 Å². The van der Waals surface area contributed by atoms with Gasteiger partial charge >= 0.3 is 6.09 Å². The van der Waals surface area contributed by atoms with Crippen LogP contribution in [-0.4, -0.2) is 36.2 Å². The maximum Gasteiger partial charge on any atom is 0.407 e. The molecule has 0 aliphatic carbocycles. The summed E-state index contributed by atoms with van der Waals surface area (Å²) in [5.74, 6) is 0. The number of alkyl carbamates (subject to hydrolysis) is 1. The summed E-state index contributed by atoms with van der Waals surface area (Å²) in [6.07, 6.45) is 2.81. The van der Waals surface area contributed by atoms with Gasteiger partial charge in [0, 0.05) is 26.2 Å². The van der Waals surface area contributed by atoms with Crippen molar-refractivity contribution in [1.29, 1.82) is 0 Å². The molecule has 1 heterocycles. The van der Waals surface area contributed by atoms with Gasteiger partial charge in [0.25, 0.3) is 0 Å². The minimum absolute atomic E-state index is 0.329. The van der Waals surface area contributed by atoms with Crippen LogP contribution in [0, 0.1) is 0 Å². The molecule has 134 valence electrons. The maximum absolute atomic E-state index is 11.6. The van der Waals surface area contributed by atoms with Crippen molar-refractivity contribution in [1.82, 2.24) is 10.2 Å². The Bertz CT molecular complexity index is 552. The van der Waals surface area contributed by atoms with Crippen molar-refractivity contribution in [2.24, 2.45) is 5.73 Å². The van der Waals surface area contributed by atoms with E-state index < -0.39 is 5.60 Å². The van der Waals surface area contributed by atoms with E-state index in [1.54, 1.807) is 0 Å². The molecule has 1 aliphatic heterocycles. The summed E-state index contributed by atoms with van der Waals surface area (Å²) in [7, 11) is 0. The molecule has 0 saturated heterocycles. The van der Waals surface area contributed by atoms with Crippen LogP contribution in [0.5, 0.6) is 0 Å². The van der Waals surface area contributed by atoms with Crippen LogP contribution in [0.4, 0.5) is 4.79 Å². The van der Waals surface area contributed by atoms with Crippen LogP contribution in [0.3, 0.4) is 0 Å². The van der Waals surface area contributed by atoms with Crippen molar-refractivity contribution in [3.8, 4) is 0 Å². The Morgan fingerprint density at radius 3 is 2.79 bits per heavy atom. The molecule has 0 spiro atoms. The quantitative estimate of drug-likeness (QED) is 0.786. The molecule has 1 aromatic rings. The Balaban J connectivity index is 1.64. The smallest absolute Gasteiger partial charge is 0.407 e. The molecule has 0 unspecified atom stereocenters. The Morgan fingerprint density at radius 1 is 1.29 bits per heavy atom. The van der Waals surface area contributed by atoms with Gasteiger partial charge < -0.3 is 15.8 Å². The number of carbonyl (C=O) groups is 1. The second-order valence-corrected chi connectivity index (χ2v) is 7.47. The van der Waals surface area contributed by atoms with Gasteiger partial charge in [0.2, 0.25) is 0 Å². The number of ether oxygens (including phenoxy) is 1. The third kappa shape index (κ3) is 6.13. The van der Waals surface area contributed by atoms with E-state index in [-0.39, 0.29) is 6.09 Å². The van der Waals surface area contributed by atoms with Gasteiger partial charge in [0.05, 0.1) is 0 Å². The summed E-state index contributed by atoms with van der Waals surface area (Å²) in [5, 5.41) is 2.81. The number of fused-ring (bicyclic) bond motifs is 1. The first-order chi connectivity index (χ1) is 11.4. The minimum Gasteiger partial charge on any atom is -0.444 e. The van der Waals surface area contributed by atoms with Gasteiger partial charge in [-0.05, 0) is 63.3 Å². The number of nitrogens with two attached hydrogens (primary N) is 1. The highest BCUT2D eigenvalue weighted by Crippen LogP contribution is 2.20. The SMILES string of the molecule is CC(C)(C)OC(=O)NCCCCN1CCc2cc(CN)ccc2C1. The van der Waals surface area contributed by atoms with Crippen LogP contribution in [0.1, 0.15) is 50.3 Å². The fourth-order valence-corrected chi connectivity index (χ4v) is 2.95. The summed E-state index contributed by atoms with van der Waals surface area (Å²) in [5.41, 5.74) is 9.36. The zero-order valence-electron chi connectivity index (χ0n) is 15.2. The summed E-state index contributed by atoms with van der Waals surface area (Å²) < 4.78 is 5.22. The highest BCUT2D eigenvalue weighted by Gasteiger charge is 2.17. The second-order valence-electron chi connectivity index (χ2n) is 7.47. The lowest BCUT2D eigenvalue weighted by Crippen LogP contribution is -2.34. The normalized spacial score (nSPS) is 15.0. The molecule has 0 saturated carbocycles. The first-order valence-electron chi connectivity index (χ1n) is 8.87. The topological polar surface area (TPSA) is 67.6 Å². The number of carbonyl (C=O) groups excluding carboxylic acids is 1. The average Bonchev–Trinajstić information content (AvgIpc) is 2.52. The summed E-state index contributed by atoms with van der Waals surface area (Å²) in [6, 6.07) is 6.60. The molecule has 1 amide bonds. The molecule has 0 radical (unpaired) electrons. The lowest BCUT2D eigenvalue weighted by molar-refractivity contribution is 0.0526. The van der Waals surface area contributed by atoms with Crippen LogP contribution in [0.2, 0.25) is 0 Å². The standard InChI is InChI=1S/C19H31N3O2/c1-19(2,3)24-18(23)21-9-4-5-10-22-11-8-16-12-15(13-20)6-7-17(16)14-22/h6-7,12H,4-5,8-11,13-14,20H2,1-3H3,(H,21,23). The van der Waals surface area contributed by atoms with E-state index in [1.807, 2.05) is 20.8 Å². The van der Waals surface area contributed by atoms with Gasteiger partial charge in [-0.25, -0.2) is 4.79 Å². The van der Waals surface area contributed by atoms with Crippen molar-refractivity contribution in [2.45, 2.75) is 58.7 Å². The fraction of sp³-hybridized carbons (Fsp3) is 0.632.